The lowest BCUT2D eigenvalue weighted by Gasteiger charge is -2.17. The Kier molecular flexibility index (Phi) is 4.22. The SMILES string of the molecule is CCOCOc1cc2c(cc1CN1C(=O)c3ccccc3C1=O)OCO2. The zero-order chi connectivity index (χ0) is 18.1. The molecule has 0 fully saturated rings. The molecule has 2 amide bonds. The fourth-order valence-corrected chi connectivity index (χ4v) is 2.96. The highest BCUT2D eigenvalue weighted by Crippen LogP contribution is 2.39. The number of imide groups is 1. The van der Waals surface area contributed by atoms with Crippen LogP contribution < -0.4 is 14.2 Å². The lowest BCUT2D eigenvalue weighted by atomic mass is 10.1. The summed E-state index contributed by atoms with van der Waals surface area (Å²) in [5.74, 6) is 0.959. The van der Waals surface area contributed by atoms with Crippen molar-refractivity contribution in [1.82, 2.24) is 4.90 Å². The van der Waals surface area contributed by atoms with E-state index in [0.29, 0.717) is 40.5 Å². The smallest absolute Gasteiger partial charge is 0.261 e. The van der Waals surface area contributed by atoms with Gasteiger partial charge in [-0.1, -0.05) is 12.1 Å². The van der Waals surface area contributed by atoms with Crippen molar-refractivity contribution in [1.29, 1.82) is 0 Å². The van der Waals surface area contributed by atoms with Crippen LogP contribution in [0.3, 0.4) is 0 Å². The molecule has 2 aliphatic rings. The van der Waals surface area contributed by atoms with Gasteiger partial charge in [0.05, 0.1) is 17.7 Å². The molecule has 0 aromatic heterocycles. The van der Waals surface area contributed by atoms with Crippen LogP contribution in [0, 0.1) is 0 Å². The molecule has 0 saturated carbocycles. The maximum absolute atomic E-state index is 12.6. The number of carbonyl (C=O) groups is 2. The molecule has 134 valence electrons. The summed E-state index contributed by atoms with van der Waals surface area (Å²) in [5.41, 5.74) is 1.47. The Morgan fingerprint density at radius 2 is 1.69 bits per heavy atom. The van der Waals surface area contributed by atoms with Gasteiger partial charge in [-0.3, -0.25) is 14.5 Å². The molecule has 0 radical (unpaired) electrons. The first-order chi connectivity index (χ1) is 12.7. The number of ether oxygens (including phenoxy) is 4. The van der Waals surface area contributed by atoms with Crippen LogP contribution in [0.2, 0.25) is 0 Å². The summed E-state index contributed by atoms with van der Waals surface area (Å²) >= 11 is 0. The summed E-state index contributed by atoms with van der Waals surface area (Å²) in [5, 5.41) is 0. The number of hydrogen-bond donors (Lipinski definition) is 0. The zero-order valence-electron chi connectivity index (χ0n) is 14.2. The first-order valence-electron chi connectivity index (χ1n) is 8.27. The fraction of sp³-hybridized carbons (Fsp3) is 0.263. The van der Waals surface area contributed by atoms with Gasteiger partial charge in [-0.15, -0.1) is 0 Å². The van der Waals surface area contributed by atoms with E-state index in [9.17, 15) is 9.59 Å². The maximum Gasteiger partial charge on any atom is 0.261 e. The summed E-state index contributed by atoms with van der Waals surface area (Å²) in [6.07, 6.45) is 0. The largest absolute Gasteiger partial charge is 0.467 e. The third kappa shape index (κ3) is 2.76. The van der Waals surface area contributed by atoms with E-state index in [1.165, 1.54) is 4.90 Å². The molecule has 2 heterocycles. The van der Waals surface area contributed by atoms with E-state index in [-0.39, 0.29) is 31.9 Å². The van der Waals surface area contributed by atoms with E-state index >= 15 is 0 Å². The van der Waals surface area contributed by atoms with E-state index in [0.717, 1.165) is 0 Å². The Labute approximate surface area is 150 Å². The number of amides is 2. The number of hydrogen-bond acceptors (Lipinski definition) is 6. The molecule has 2 aromatic carbocycles. The molecule has 2 aromatic rings. The van der Waals surface area contributed by atoms with Crippen molar-refractivity contribution in [3.05, 3.63) is 53.1 Å². The van der Waals surface area contributed by atoms with E-state index in [1.54, 1.807) is 36.4 Å². The van der Waals surface area contributed by atoms with Gasteiger partial charge < -0.3 is 18.9 Å². The number of carbonyl (C=O) groups excluding carboxylic acids is 2. The lowest BCUT2D eigenvalue weighted by molar-refractivity contribution is 0.0214. The molecule has 0 atom stereocenters. The Bertz CT molecular complexity index is 843. The minimum atomic E-state index is -0.320. The van der Waals surface area contributed by atoms with Gasteiger partial charge in [0, 0.05) is 18.2 Å². The highest BCUT2D eigenvalue weighted by molar-refractivity contribution is 6.21. The number of rotatable bonds is 6. The summed E-state index contributed by atoms with van der Waals surface area (Å²) < 4.78 is 21.7. The van der Waals surface area contributed by atoms with Crippen molar-refractivity contribution in [3.63, 3.8) is 0 Å². The van der Waals surface area contributed by atoms with Crippen LogP contribution in [0.1, 0.15) is 33.2 Å². The second kappa shape index (κ2) is 6.68. The topological polar surface area (TPSA) is 74.3 Å². The predicted octanol–water partition coefficient (Wildman–Crippen LogP) is 2.58. The third-order valence-electron chi connectivity index (χ3n) is 4.26. The molecular weight excluding hydrogens is 338 g/mol. The molecule has 7 heteroatoms. The first kappa shape index (κ1) is 16.4. The Hall–Kier alpha value is -3.06. The van der Waals surface area contributed by atoms with Crippen molar-refractivity contribution in [2.75, 3.05) is 20.2 Å². The quantitative estimate of drug-likeness (QED) is 0.450. The van der Waals surface area contributed by atoms with Crippen LogP contribution >= 0.6 is 0 Å². The Morgan fingerprint density at radius 1 is 1.04 bits per heavy atom. The van der Waals surface area contributed by atoms with Gasteiger partial charge in [-0.25, -0.2) is 0 Å². The maximum atomic E-state index is 12.6. The van der Waals surface area contributed by atoms with E-state index in [2.05, 4.69) is 0 Å². The van der Waals surface area contributed by atoms with Crippen LogP contribution in [0.15, 0.2) is 36.4 Å². The molecule has 0 bridgehead atoms. The standard InChI is InChI=1S/C19H17NO6/c1-2-23-10-24-15-8-17-16(25-11-26-17)7-12(15)9-20-18(21)13-5-3-4-6-14(13)19(20)22/h3-8H,2,9-11H2,1H3. The number of nitrogens with zero attached hydrogens (tertiary/aromatic N) is 1. The second-order valence-electron chi connectivity index (χ2n) is 5.81. The molecule has 26 heavy (non-hydrogen) atoms. The second-order valence-corrected chi connectivity index (χ2v) is 5.81. The predicted molar refractivity (Wildman–Crippen MR) is 90.3 cm³/mol. The minimum Gasteiger partial charge on any atom is -0.467 e. The van der Waals surface area contributed by atoms with Gasteiger partial charge in [-0.2, -0.15) is 0 Å². The van der Waals surface area contributed by atoms with Crippen molar-refractivity contribution in [2.45, 2.75) is 13.5 Å². The summed E-state index contributed by atoms with van der Waals surface area (Å²) in [6.45, 7) is 2.63. The molecule has 0 saturated heterocycles. The van der Waals surface area contributed by atoms with Gasteiger partial charge in [0.2, 0.25) is 6.79 Å². The van der Waals surface area contributed by atoms with Crippen molar-refractivity contribution < 1.29 is 28.5 Å². The first-order valence-corrected chi connectivity index (χ1v) is 8.27. The van der Waals surface area contributed by atoms with Gasteiger partial charge in [0.1, 0.15) is 5.75 Å². The van der Waals surface area contributed by atoms with Crippen LogP contribution in [-0.2, 0) is 11.3 Å². The molecule has 0 unspecified atom stereocenters. The molecule has 7 nitrogen and oxygen atoms in total. The molecule has 4 rings (SSSR count). The fourth-order valence-electron chi connectivity index (χ4n) is 2.96. The van der Waals surface area contributed by atoms with Crippen LogP contribution in [0.4, 0.5) is 0 Å². The third-order valence-corrected chi connectivity index (χ3v) is 4.26. The molecular formula is C19H17NO6. The molecule has 0 N–H and O–H groups in total. The lowest BCUT2D eigenvalue weighted by Crippen LogP contribution is -2.29. The Balaban J connectivity index is 1.63. The highest BCUT2D eigenvalue weighted by Gasteiger charge is 2.36. The van der Waals surface area contributed by atoms with Crippen molar-refractivity contribution >= 4 is 11.8 Å². The summed E-state index contributed by atoms with van der Waals surface area (Å²) in [7, 11) is 0. The van der Waals surface area contributed by atoms with E-state index in [1.807, 2.05) is 6.92 Å². The van der Waals surface area contributed by atoms with Gasteiger partial charge in [0.15, 0.2) is 18.3 Å². The Morgan fingerprint density at radius 3 is 2.35 bits per heavy atom. The molecule has 2 aliphatic heterocycles. The minimum absolute atomic E-state index is 0.0608. The van der Waals surface area contributed by atoms with Gasteiger partial charge in [0.25, 0.3) is 11.8 Å². The van der Waals surface area contributed by atoms with Crippen LogP contribution in [0.25, 0.3) is 0 Å². The molecule has 0 aliphatic carbocycles. The van der Waals surface area contributed by atoms with Gasteiger partial charge >= 0.3 is 0 Å². The summed E-state index contributed by atoms with van der Waals surface area (Å²) in [4.78, 5) is 26.4. The zero-order valence-corrected chi connectivity index (χ0v) is 14.2. The van der Waals surface area contributed by atoms with Crippen LogP contribution in [0.5, 0.6) is 17.2 Å². The van der Waals surface area contributed by atoms with Crippen LogP contribution in [-0.4, -0.2) is 36.9 Å². The highest BCUT2D eigenvalue weighted by atomic mass is 16.7. The monoisotopic (exact) mass is 355 g/mol. The number of benzene rings is 2. The average molecular weight is 355 g/mol. The molecule has 0 spiro atoms. The van der Waals surface area contributed by atoms with Crippen molar-refractivity contribution in [2.24, 2.45) is 0 Å². The van der Waals surface area contributed by atoms with Gasteiger partial charge in [-0.05, 0) is 25.1 Å². The average Bonchev–Trinajstić information content (AvgIpc) is 3.20. The normalized spacial score (nSPS) is 14.7. The van der Waals surface area contributed by atoms with E-state index in [4.69, 9.17) is 18.9 Å². The summed E-state index contributed by atoms with van der Waals surface area (Å²) in [6, 6.07) is 10.2. The number of fused-ring (bicyclic) bond motifs is 2. The van der Waals surface area contributed by atoms with Crippen molar-refractivity contribution in [3.8, 4) is 17.2 Å². The van der Waals surface area contributed by atoms with E-state index < -0.39 is 0 Å².